The number of carbonyl (C=O) groups excluding carboxylic acids is 2. The van der Waals surface area contributed by atoms with Gasteiger partial charge in [-0.2, -0.15) is 0 Å². The maximum atomic E-state index is 11.1. The lowest BCUT2D eigenvalue weighted by atomic mass is 10.3. The summed E-state index contributed by atoms with van der Waals surface area (Å²) in [5, 5.41) is 2.92. The predicted octanol–water partition coefficient (Wildman–Crippen LogP) is 0.551. The van der Waals surface area contributed by atoms with Crippen molar-refractivity contribution in [3.8, 4) is 0 Å². The Bertz CT molecular complexity index is 373. The molecule has 1 rings (SSSR count). The van der Waals surface area contributed by atoms with E-state index in [4.69, 9.17) is 5.73 Å². The summed E-state index contributed by atoms with van der Waals surface area (Å²) in [6.07, 6.45) is 0. The van der Waals surface area contributed by atoms with Crippen LogP contribution in [0.3, 0.4) is 0 Å². The summed E-state index contributed by atoms with van der Waals surface area (Å²) < 4.78 is 0. The number of Topliss-reactive ketones (excluding diaryl/α,β-unsaturated/α-hetero) is 1. The van der Waals surface area contributed by atoms with Crippen LogP contribution in [-0.2, 0) is 4.79 Å². The number of aryl methyl sites for hydroxylation is 1. The van der Waals surface area contributed by atoms with Gasteiger partial charge in [-0.25, -0.2) is 4.98 Å². The molecule has 0 spiro atoms. The molecule has 0 saturated heterocycles. The molecule has 0 saturated carbocycles. The molecule has 3 N–H and O–H groups in total. The Labute approximate surface area is 85.3 Å². The van der Waals surface area contributed by atoms with Gasteiger partial charge in [0, 0.05) is 6.92 Å². The maximum absolute atomic E-state index is 11.1. The van der Waals surface area contributed by atoms with Crippen molar-refractivity contribution in [3.63, 3.8) is 0 Å². The molecule has 5 nitrogen and oxygen atoms in total. The summed E-state index contributed by atoms with van der Waals surface area (Å²) in [6, 6.07) is 0. The molecule has 1 aromatic heterocycles. The third-order valence-corrected chi connectivity index (χ3v) is 2.72. The molecule has 1 amide bonds. The van der Waals surface area contributed by atoms with Crippen LogP contribution in [0.5, 0.6) is 0 Å². The van der Waals surface area contributed by atoms with Crippen molar-refractivity contribution >= 4 is 28.2 Å². The van der Waals surface area contributed by atoms with E-state index in [1.54, 1.807) is 6.92 Å². The second-order valence-electron chi connectivity index (χ2n) is 2.74. The highest BCUT2D eigenvalue weighted by atomic mass is 32.1. The standard InChI is InChI=1S/C8H11N3O2S/c1-4-7(5(2)12)14-8(10-4)11-6(13)3-9/h3,9H2,1-2H3,(H,10,11,13). The van der Waals surface area contributed by atoms with Gasteiger partial charge in [-0.05, 0) is 6.92 Å². The number of rotatable bonds is 3. The zero-order valence-electron chi connectivity index (χ0n) is 7.96. The molecule has 76 valence electrons. The molecular weight excluding hydrogens is 202 g/mol. The first-order chi connectivity index (χ1) is 6.54. The highest BCUT2D eigenvalue weighted by molar-refractivity contribution is 7.17. The van der Waals surface area contributed by atoms with Gasteiger partial charge in [0.2, 0.25) is 5.91 Å². The molecule has 0 radical (unpaired) electrons. The van der Waals surface area contributed by atoms with Crippen molar-refractivity contribution in [2.24, 2.45) is 5.73 Å². The summed E-state index contributed by atoms with van der Waals surface area (Å²) in [4.78, 5) is 26.6. The van der Waals surface area contributed by atoms with Crippen molar-refractivity contribution in [1.29, 1.82) is 0 Å². The van der Waals surface area contributed by atoms with Crippen LogP contribution in [0.1, 0.15) is 22.3 Å². The number of hydrogen-bond acceptors (Lipinski definition) is 5. The number of carbonyl (C=O) groups is 2. The van der Waals surface area contributed by atoms with E-state index in [1.807, 2.05) is 0 Å². The van der Waals surface area contributed by atoms with Crippen LogP contribution in [-0.4, -0.2) is 23.2 Å². The smallest absolute Gasteiger partial charge is 0.239 e. The Morgan fingerprint density at radius 1 is 1.57 bits per heavy atom. The Hall–Kier alpha value is -1.27. The molecule has 0 fully saturated rings. The lowest BCUT2D eigenvalue weighted by molar-refractivity contribution is -0.114. The molecule has 0 aliphatic carbocycles. The first kappa shape index (κ1) is 10.8. The fraction of sp³-hybridized carbons (Fsp3) is 0.375. The van der Waals surface area contributed by atoms with E-state index < -0.39 is 0 Å². The Morgan fingerprint density at radius 2 is 2.21 bits per heavy atom. The molecular formula is C8H11N3O2S. The summed E-state index contributed by atoms with van der Waals surface area (Å²) in [5.41, 5.74) is 5.76. The number of anilines is 1. The Balaban J connectivity index is 2.86. The normalized spacial score (nSPS) is 9.93. The van der Waals surface area contributed by atoms with Crippen LogP contribution in [0, 0.1) is 6.92 Å². The monoisotopic (exact) mass is 213 g/mol. The molecule has 0 bridgehead atoms. The van der Waals surface area contributed by atoms with E-state index >= 15 is 0 Å². The number of thiazole rings is 1. The molecule has 6 heteroatoms. The van der Waals surface area contributed by atoms with Gasteiger partial charge >= 0.3 is 0 Å². The molecule has 1 heterocycles. The number of hydrogen-bond donors (Lipinski definition) is 2. The van der Waals surface area contributed by atoms with E-state index in [-0.39, 0.29) is 18.2 Å². The number of nitrogens with zero attached hydrogens (tertiary/aromatic N) is 1. The average molecular weight is 213 g/mol. The van der Waals surface area contributed by atoms with E-state index in [2.05, 4.69) is 10.3 Å². The number of ketones is 1. The van der Waals surface area contributed by atoms with Crippen LogP contribution in [0.15, 0.2) is 0 Å². The van der Waals surface area contributed by atoms with Crippen LogP contribution in [0.4, 0.5) is 5.13 Å². The highest BCUT2D eigenvalue weighted by Crippen LogP contribution is 2.22. The summed E-state index contributed by atoms with van der Waals surface area (Å²) in [7, 11) is 0. The van der Waals surface area contributed by atoms with Crippen molar-refractivity contribution in [3.05, 3.63) is 10.6 Å². The van der Waals surface area contributed by atoms with Gasteiger partial charge in [-0.3, -0.25) is 9.59 Å². The van der Waals surface area contributed by atoms with Crippen LogP contribution >= 0.6 is 11.3 Å². The molecule has 0 aromatic carbocycles. The van der Waals surface area contributed by atoms with Crippen LogP contribution < -0.4 is 11.1 Å². The van der Waals surface area contributed by atoms with Crippen LogP contribution in [0.25, 0.3) is 0 Å². The second kappa shape index (κ2) is 4.30. The number of nitrogens with two attached hydrogens (primary N) is 1. The van der Waals surface area contributed by atoms with Crippen molar-refractivity contribution < 1.29 is 9.59 Å². The quantitative estimate of drug-likeness (QED) is 0.718. The molecule has 14 heavy (non-hydrogen) atoms. The molecule has 0 aliphatic heterocycles. The van der Waals surface area contributed by atoms with Crippen molar-refractivity contribution in [2.75, 3.05) is 11.9 Å². The minimum Gasteiger partial charge on any atom is -0.322 e. The maximum Gasteiger partial charge on any atom is 0.239 e. The Morgan fingerprint density at radius 3 is 2.64 bits per heavy atom. The third kappa shape index (κ3) is 2.36. The van der Waals surface area contributed by atoms with E-state index in [0.717, 1.165) is 11.3 Å². The fourth-order valence-electron chi connectivity index (χ4n) is 0.947. The predicted molar refractivity (Wildman–Crippen MR) is 54.5 cm³/mol. The van der Waals surface area contributed by atoms with Gasteiger partial charge in [-0.1, -0.05) is 11.3 Å². The number of amides is 1. The first-order valence-electron chi connectivity index (χ1n) is 4.03. The highest BCUT2D eigenvalue weighted by Gasteiger charge is 2.12. The summed E-state index contributed by atoms with van der Waals surface area (Å²) >= 11 is 1.16. The van der Waals surface area contributed by atoms with Gasteiger partial charge < -0.3 is 11.1 Å². The minimum absolute atomic E-state index is 0.0479. The second-order valence-corrected chi connectivity index (χ2v) is 3.74. The minimum atomic E-state index is -0.311. The Kier molecular flexibility index (Phi) is 3.32. The van der Waals surface area contributed by atoms with E-state index in [1.165, 1.54) is 6.92 Å². The van der Waals surface area contributed by atoms with Crippen molar-refractivity contribution in [1.82, 2.24) is 4.98 Å². The fourth-order valence-corrected chi connectivity index (χ4v) is 1.82. The van der Waals surface area contributed by atoms with Gasteiger partial charge in [0.05, 0.1) is 17.1 Å². The summed E-state index contributed by atoms with van der Waals surface area (Å²) in [6.45, 7) is 3.11. The molecule has 0 aliphatic rings. The SMILES string of the molecule is CC(=O)c1sc(NC(=O)CN)nc1C. The van der Waals surface area contributed by atoms with E-state index in [9.17, 15) is 9.59 Å². The first-order valence-corrected chi connectivity index (χ1v) is 4.84. The van der Waals surface area contributed by atoms with Gasteiger partial charge in [0.25, 0.3) is 0 Å². The van der Waals surface area contributed by atoms with Gasteiger partial charge in [-0.15, -0.1) is 0 Å². The average Bonchev–Trinajstić information content (AvgIpc) is 2.46. The lowest BCUT2D eigenvalue weighted by Gasteiger charge is -1.95. The van der Waals surface area contributed by atoms with Crippen LogP contribution in [0.2, 0.25) is 0 Å². The largest absolute Gasteiger partial charge is 0.322 e. The van der Waals surface area contributed by atoms with E-state index in [0.29, 0.717) is 15.7 Å². The molecule has 0 atom stereocenters. The zero-order valence-corrected chi connectivity index (χ0v) is 8.77. The van der Waals surface area contributed by atoms with Gasteiger partial charge in [0.15, 0.2) is 10.9 Å². The summed E-state index contributed by atoms with van der Waals surface area (Å²) in [5.74, 6) is -0.359. The van der Waals surface area contributed by atoms with Crippen molar-refractivity contribution in [2.45, 2.75) is 13.8 Å². The van der Waals surface area contributed by atoms with Gasteiger partial charge in [0.1, 0.15) is 0 Å². The molecule has 1 aromatic rings. The zero-order chi connectivity index (χ0) is 10.7. The number of aromatic nitrogens is 1. The third-order valence-electron chi connectivity index (χ3n) is 1.55. The lowest BCUT2D eigenvalue weighted by Crippen LogP contribution is -2.21. The topological polar surface area (TPSA) is 85.1 Å². The number of nitrogens with one attached hydrogen (secondary N) is 1. The molecule has 0 unspecified atom stereocenters.